The van der Waals surface area contributed by atoms with Crippen molar-refractivity contribution in [3.8, 4) is 0 Å². The van der Waals surface area contributed by atoms with E-state index in [1.165, 1.54) is 0 Å². The first-order valence-electron chi connectivity index (χ1n) is 0. The van der Waals surface area contributed by atoms with Crippen molar-refractivity contribution < 1.29 is 44.2 Å². The Morgan fingerprint density at radius 3 is 0.800 bits per heavy atom. The third-order valence-electron chi connectivity index (χ3n) is 0. The zero-order valence-corrected chi connectivity index (χ0v) is 5.80. The zero-order valence-electron chi connectivity index (χ0n) is 2.36. The molecule has 0 aromatic carbocycles. The molecule has 3 radical (unpaired) electrons. The van der Waals surface area contributed by atoms with Crippen LogP contribution in [0.3, 0.4) is 0 Å². The van der Waals surface area contributed by atoms with E-state index in [9.17, 15) is 0 Å². The molecule has 0 fully saturated rings. The van der Waals surface area contributed by atoms with Gasteiger partial charge in [0.1, 0.15) is 0 Å². The van der Waals surface area contributed by atoms with Crippen LogP contribution in [-0.2, 0) is 33.3 Å². The van der Waals surface area contributed by atoms with Gasteiger partial charge < -0.3 is 11.0 Å². The monoisotopic (exact) mass is 177 g/mol. The van der Waals surface area contributed by atoms with Gasteiger partial charge in [-0.15, -0.1) is 0 Å². The van der Waals surface area contributed by atoms with E-state index in [0.29, 0.717) is 0 Å². The Hall–Kier alpha value is 1.69. The first kappa shape index (κ1) is 76.0. The van der Waals surface area contributed by atoms with Crippen LogP contribution >= 0.6 is 0 Å². The summed E-state index contributed by atoms with van der Waals surface area (Å²) in [6.45, 7) is 0. The SMILES string of the molecule is O.O.[Co].[Mg].[Ni]. The molecule has 0 amide bonds. The van der Waals surface area contributed by atoms with Gasteiger partial charge >= 0.3 is 0 Å². The normalized spacial score (nSPS) is 0. The number of hydrogen-bond donors (Lipinski definition) is 0. The Balaban J connectivity index is 0. The fourth-order valence-electron chi connectivity index (χ4n) is 0. The van der Waals surface area contributed by atoms with E-state index in [1.54, 1.807) is 0 Å². The molecule has 5 heteroatoms. The average molecular weight is 178 g/mol. The average Bonchev–Trinajstić information content (AvgIpc) is 0. The van der Waals surface area contributed by atoms with E-state index < -0.39 is 0 Å². The fourth-order valence-corrected chi connectivity index (χ4v) is 0. The van der Waals surface area contributed by atoms with E-state index in [4.69, 9.17) is 0 Å². The Labute approximate surface area is 67.0 Å². The molecule has 0 bridgehead atoms. The Bertz CT molecular complexity index is 9.61. The molecule has 0 aliphatic rings. The van der Waals surface area contributed by atoms with Gasteiger partial charge in [-0.1, -0.05) is 0 Å². The second-order valence-electron chi connectivity index (χ2n) is 0. The van der Waals surface area contributed by atoms with Crippen molar-refractivity contribution in [3.63, 3.8) is 0 Å². The molecule has 0 saturated heterocycles. The molecule has 0 unspecified atom stereocenters. The second kappa shape index (κ2) is 43.9. The first-order chi connectivity index (χ1) is 0. The maximum Gasteiger partial charge on any atom is 0 e. The fraction of sp³-hybridized carbons (Fsp3) is 0. The Morgan fingerprint density at radius 2 is 0.800 bits per heavy atom. The minimum Gasteiger partial charge on any atom is -0.412 e. The summed E-state index contributed by atoms with van der Waals surface area (Å²) in [7, 11) is 0. The van der Waals surface area contributed by atoms with Crippen LogP contribution in [0, 0.1) is 0 Å². The van der Waals surface area contributed by atoms with Crippen LogP contribution in [0.1, 0.15) is 0 Å². The van der Waals surface area contributed by atoms with E-state index in [1.807, 2.05) is 0 Å². The van der Waals surface area contributed by atoms with Crippen molar-refractivity contribution in [1.82, 2.24) is 0 Å². The summed E-state index contributed by atoms with van der Waals surface area (Å²) in [6, 6.07) is 0. The van der Waals surface area contributed by atoms with Gasteiger partial charge in [-0.05, 0) is 0 Å². The summed E-state index contributed by atoms with van der Waals surface area (Å²) in [5.74, 6) is 0. The van der Waals surface area contributed by atoms with Crippen molar-refractivity contribution in [2.24, 2.45) is 0 Å². The van der Waals surface area contributed by atoms with Crippen molar-refractivity contribution in [2.45, 2.75) is 0 Å². The maximum absolute atomic E-state index is 0. The number of rotatable bonds is 0. The summed E-state index contributed by atoms with van der Waals surface area (Å²) in [6.07, 6.45) is 0. The van der Waals surface area contributed by atoms with E-state index in [2.05, 4.69) is 0 Å². The predicted molar refractivity (Wildman–Crippen MR) is 13.0 cm³/mol. The summed E-state index contributed by atoms with van der Waals surface area (Å²) < 4.78 is 0. The van der Waals surface area contributed by atoms with E-state index >= 15 is 0 Å². The van der Waals surface area contributed by atoms with Crippen LogP contribution in [0.4, 0.5) is 0 Å². The molecule has 0 aromatic heterocycles. The molecule has 0 heterocycles. The molecular formula is H4CoMgNiO2. The van der Waals surface area contributed by atoms with Gasteiger partial charge in [0, 0.05) is 56.3 Å². The van der Waals surface area contributed by atoms with Gasteiger partial charge in [-0.25, -0.2) is 0 Å². The van der Waals surface area contributed by atoms with Gasteiger partial charge in [0.25, 0.3) is 0 Å². The van der Waals surface area contributed by atoms with Crippen molar-refractivity contribution in [2.75, 3.05) is 0 Å². The third kappa shape index (κ3) is 27.2. The van der Waals surface area contributed by atoms with Crippen LogP contribution < -0.4 is 0 Å². The van der Waals surface area contributed by atoms with Crippen molar-refractivity contribution in [1.29, 1.82) is 0 Å². The Morgan fingerprint density at radius 1 is 0.800 bits per heavy atom. The van der Waals surface area contributed by atoms with Crippen LogP contribution in [0.5, 0.6) is 0 Å². The summed E-state index contributed by atoms with van der Waals surface area (Å²) in [5.41, 5.74) is 0. The topological polar surface area (TPSA) is 63.0 Å². The quantitative estimate of drug-likeness (QED) is 0.384. The minimum atomic E-state index is 0. The Kier molecular flexibility index (Phi) is 668. The zero-order chi connectivity index (χ0) is 0. The van der Waals surface area contributed by atoms with Gasteiger partial charge in [-0.3, -0.25) is 0 Å². The molecule has 2 nitrogen and oxygen atoms in total. The number of hydrogen-bond acceptors (Lipinski definition) is 0. The van der Waals surface area contributed by atoms with Crippen LogP contribution in [0.2, 0.25) is 0 Å². The summed E-state index contributed by atoms with van der Waals surface area (Å²) in [5, 5.41) is 0. The molecule has 0 spiro atoms. The van der Waals surface area contributed by atoms with Gasteiger partial charge in [-0.2, -0.15) is 0 Å². The van der Waals surface area contributed by atoms with Crippen LogP contribution in [-0.4, -0.2) is 34.0 Å². The maximum atomic E-state index is 0. The predicted octanol–water partition coefficient (Wildman–Crippen LogP) is -2.04. The molecule has 0 aliphatic carbocycles. The van der Waals surface area contributed by atoms with E-state index in [-0.39, 0.29) is 67.3 Å². The molecule has 0 saturated carbocycles. The molecule has 0 atom stereocenters. The summed E-state index contributed by atoms with van der Waals surface area (Å²) >= 11 is 0. The largest absolute Gasteiger partial charge is 0.412 e. The van der Waals surface area contributed by atoms with Gasteiger partial charge in [0.2, 0.25) is 0 Å². The smallest absolute Gasteiger partial charge is 0 e. The minimum absolute atomic E-state index is 0. The standard InChI is InChI=1S/Co.Mg.Ni.2H2O/h;;;2*1H2. The molecule has 0 aromatic rings. The van der Waals surface area contributed by atoms with Crippen LogP contribution in [0.25, 0.3) is 0 Å². The third-order valence-corrected chi connectivity index (χ3v) is 0. The molecule has 4 N–H and O–H groups in total. The van der Waals surface area contributed by atoms with Crippen LogP contribution in [0.15, 0.2) is 0 Å². The summed E-state index contributed by atoms with van der Waals surface area (Å²) in [4.78, 5) is 0. The second-order valence-corrected chi connectivity index (χ2v) is 0. The molecular weight excluding hydrogens is 174 g/mol. The van der Waals surface area contributed by atoms with E-state index in [0.717, 1.165) is 0 Å². The molecule has 37 valence electrons. The molecule has 0 rings (SSSR count). The van der Waals surface area contributed by atoms with Crippen molar-refractivity contribution >= 4 is 23.1 Å². The van der Waals surface area contributed by atoms with Gasteiger partial charge in [0.05, 0.1) is 0 Å². The molecule has 5 heavy (non-hydrogen) atoms. The first-order valence-corrected chi connectivity index (χ1v) is 0. The van der Waals surface area contributed by atoms with Gasteiger partial charge in [0.15, 0.2) is 0 Å². The van der Waals surface area contributed by atoms with Crippen molar-refractivity contribution in [3.05, 3.63) is 0 Å². The molecule has 0 aliphatic heterocycles.